The topological polar surface area (TPSA) is 61.4 Å². The minimum Gasteiger partial charge on any atom is -0.374 e. The summed E-state index contributed by atoms with van der Waals surface area (Å²) in [4.78, 5) is 26.3. The average Bonchev–Trinajstić information content (AvgIpc) is 2.64. The molecule has 5 nitrogen and oxygen atoms in total. The van der Waals surface area contributed by atoms with Crippen molar-refractivity contribution < 1.29 is 9.59 Å². The molecule has 0 fully saturated rings. The van der Waals surface area contributed by atoms with Crippen LogP contribution in [0.4, 0.5) is 11.4 Å². The zero-order valence-corrected chi connectivity index (χ0v) is 16.9. The Kier molecular flexibility index (Phi) is 7.25. The number of halogens is 1. The van der Waals surface area contributed by atoms with Gasteiger partial charge in [-0.1, -0.05) is 42.8 Å². The Labute approximate surface area is 165 Å². The van der Waals surface area contributed by atoms with Gasteiger partial charge in [0, 0.05) is 23.4 Å². The summed E-state index contributed by atoms with van der Waals surface area (Å²) in [7, 11) is 1.62. The minimum absolute atomic E-state index is 0.0163. The number of rotatable bonds is 7. The van der Waals surface area contributed by atoms with E-state index >= 15 is 0 Å². The molecule has 0 saturated carbocycles. The van der Waals surface area contributed by atoms with Crippen molar-refractivity contribution in [2.45, 2.75) is 33.2 Å². The SMILES string of the molecule is CCc1ccccc1NC(=O)CN(C)C(=O)C(C)Nc1ccc(C)c(Cl)c1. The predicted molar refractivity (Wildman–Crippen MR) is 111 cm³/mol. The number of anilines is 2. The molecule has 0 aliphatic carbocycles. The highest BCUT2D eigenvalue weighted by atomic mass is 35.5. The lowest BCUT2D eigenvalue weighted by Gasteiger charge is -2.23. The second-order valence-electron chi connectivity index (χ2n) is 6.58. The van der Waals surface area contributed by atoms with E-state index in [0.717, 1.165) is 28.9 Å². The van der Waals surface area contributed by atoms with Gasteiger partial charge in [-0.25, -0.2) is 0 Å². The number of amides is 2. The predicted octanol–water partition coefficient (Wildman–Crippen LogP) is 4.11. The monoisotopic (exact) mass is 387 g/mol. The van der Waals surface area contributed by atoms with Gasteiger partial charge in [0.05, 0.1) is 6.54 Å². The van der Waals surface area contributed by atoms with Gasteiger partial charge >= 0.3 is 0 Å². The van der Waals surface area contributed by atoms with Crippen LogP contribution in [0.1, 0.15) is 25.0 Å². The normalized spacial score (nSPS) is 11.6. The molecule has 144 valence electrons. The van der Waals surface area contributed by atoms with E-state index in [0.29, 0.717) is 5.02 Å². The van der Waals surface area contributed by atoms with Crippen LogP contribution in [0, 0.1) is 6.92 Å². The van der Waals surface area contributed by atoms with Gasteiger partial charge in [0.2, 0.25) is 11.8 Å². The Morgan fingerprint density at radius 3 is 2.56 bits per heavy atom. The third-order valence-electron chi connectivity index (χ3n) is 4.35. The summed E-state index contributed by atoms with van der Waals surface area (Å²) in [6.45, 7) is 5.70. The highest BCUT2D eigenvalue weighted by molar-refractivity contribution is 6.31. The van der Waals surface area contributed by atoms with Crippen molar-refractivity contribution >= 4 is 34.8 Å². The first kappa shape index (κ1) is 20.8. The molecule has 0 radical (unpaired) electrons. The standard InChI is InChI=1S/C21H26ClN3O2/c1-5-16-8-6-7-9-19(16)24-20(26)13-25(4)21(27)15(3)23-17-11-10-14(2)18(22)12-17/h6-12,15,23H,5,13H2,1-4H3,(H,24,26). The molecule has 2 aromatic carbocycles. The molecule has 0 spiro atoms. The van der Waals surface area contributed by atoms with Gasteiger partial charge in [0.1, 0.15) is 6.04 Å². The van der Waals surface area contributed by atoms with Gasteiger partial charge in [0.25, 0.3) is 0 Å². The van der Waals surface area contributed by atoms with Gasteiger partial charge in [-0.2, -0.15) is 0 Å². The van der Waals surface area contributed by atoms with E-state index in [9.17, 15) is 9.59 Å². The molecular formula is C21H26ClN3O2. The summed E-state index contributed by atoms with van der Waals surface area (Å²) in [5.74, 6) is -0.400. The lowest BCUT2D eigenvalue weighted by molar-refractivity contribution is -0.133. The fourth-order valence-electron chi connectivity index (χ4n) is 2.76. The molecule has 27 heavy (non-hydrogen) atoms. The molecule has 6 heteroatoms. The molecule has 2 amide bonds. The van der Waals surface area contributed by atoms with Crippen LogP contribution in [0.15, 0.2) is 42.5 Å². The first-order valence-corrected chi connectivity index (χ1v) is 9.35. The van der Waals surface area contributed by atoms with Crippen LogP contribution < -0.4 is 10.6 Å². The lowest BCUT2D eigenvalue weighted by Crippen LogP contribution is -2.42. The quantitative estimate of drug-likeness (QED) is 0.751. The second kappa shape index (κ2) is 9.42. The maximum atomic E-state index is 12.6. The largest absolute Gasteiger partial charge is 0.374 e. The number of hydrogen-bond donors (Lipinski definition) is 2. The Morgan fingerprint density at radius 1 is 1.19 bits per heavy atom. The molecule has 2 rings (SSSR count). The zero-order chi connectivity index (χ0) is 20.0. The van der Waals surface area contributed by atoms with Crippen molar-refractivity contribution in [3.8, 4) is 0 Å². The van der Waals surface area contributed by atoms with E-state index < -0.39 is 6.04 Å². The summed E-state index contributed by atoms with van der Waals surface area (Å²) < 4.78 is 0. The van der Waals surface area contributed by atoms with Crippen LogP contribution in [-0.2, 0) is 16.0 Å². The Bertz CT molecular complexity index is 823. The fraction of sp³-hybridized carbons (Fsp3) is 0.333. The van der Waals surface area contributed by atoms with Crippen molar-refractivity contribution in [3.05, 3.63) is 58.6 Å². The Balaban J connectivity index is 1.93. The second-order valence-corrected chi connectivity index (χ2v) is 6.99. The van der Waals surface area contributed by atoms with Crippen LogP contribution >= 0.6 is 11.6 Å². The Hall–Kier alpha value is -2.53. The first-order valence-electron chi connectivity index (χ1n) is 8.97. The van der Waals surface area contributed by atoms with Crippen molar-refractivity contribution in [2.75, 3.05) is 24.2 Å². The van der Waals surface area contributed by atoms with Crippen LogP contribution in [0.5, 0.6) is 0 Å². The number of nitrogens with zero attached hydrogens (tertiary/aromatic N) is 1. The van der Waals surface area contributed by atoms with Gasteiger partial charge < -0.3 is 15.5 Å². The van der Waals surface area contributed by atoms with Gasteiger partial charge in [0.15, 0.2) is 0 Å². The van der Waals surface area contributed by atoms with Crippen molar-refractivity contribution in [2.24, 2.45) is 0 Å². The number of likely N-dealkylation sites (N-methyl/N-ethyl adjacent to an activating group) is 1. The number of carbonyl (C=O) groups is 2. The van der Waals surface area contributed by atoms with Gasteiger partial charge in [-0.05, 0) is 49.6 Å². The third-order valence-corrected chi connectivity index (χ3v) is 4.76. The molecule has 0 aliphatic heterocycles. The summed E-state index contributed by atoms with van der Waals surface area (Å²) >= 11 is 6.12. The van der Waals surface area contributed by atoms with Gasteiger partial charge in [-0.3, -0.25) is 9.59 Å². The van der Waals surface area contributed by atoms with Crippen LogP contribution in [0.2, 0.25) is 5.02 Å². The van der Waals surface area contributed by atoms with Crippen molar-refractivity contribution in [1.82, 2.24) is 4.90 Å². The molecule has 0 bridgehead atoms. The molecule has 0 saturated heterocycles. The molecular weight excluding hydrogens is 362 g/mol. The van der Waals surface area contributed by atoms with E-state index in [-0.39, 0.29) is 18.4 Å². The maximum Gasteiger partial charge on any atom is 0.244 e. The summed E-state index contributed by atoms with van der Waals surface area (Å²) in [6, 6.07) is 12.7. The highest BCUT2D eigenvalue weighted by Crippen LogP contribution is 2.20. The number of para-hydroxylation sites is 1. The van der Waals surface area contributed by atoms with E-state index in [1.165, 1.54) is 4.90 Å². The first-order chi connectivity index (χ1) is 12.8. The van der Waals surface area contributed by atoms with E-state index in [4.69, 9.17) is 11.6 Å². The zero-order valence-electron chi connectivity index (χ0n) is 16.2. The smallest absolute Gasteiger partial charge is 0.244 e. The maximum absolute atomic E-state index is 12.6. The van der Waals surface area contributed by atoms with E-state index in [1.807, 2.05) is 50.2 Å². The summed E-state index contributed by atoms with van der Waals surface area (Å²) in [6.07, 6.45) is 0.825. The molecule has 0 aromatic heterocycles. The van der Waals surface area contributed by atoms with Crippen LogP contribution in [0.25, 0.3) is 0 Å². The van der Waals surface area contributed by atoms with Gasteiger partial charge in [-0.15, -0.1) is 0 Å². The molecule has 2 aromatic rings. The molecule has 0 aliphatic rings. The van der Waals surface area contributed by atoms with E-state index in [1.54, 1.807) is 20.0 Å². The third kappa shape index (κ3) is 5.73. The fourth-order valence-corrected chi connectivity index (χ4v) is 2.94. The highest BCUT2D eigenvalue weighted by Gasteiger charge is 2.20. The average molecular weight is 388 g/mol. The number of nitrogens with one attached hydrogen (secondary N) is 2. The molecule has 0 heterocycles. The van der Waals surface area contributed by atoms with Crippen molar-refractivity contribution in [1.29, 1.82) is 0 Å². The van der Waals surface area contributed by atoms with Crippen LogP contribution in [-0.4, -0.2) is 36.3 Å². The Morgan fingerprint density at radius 2 is 1.89 bits per heavy atom. The molecule has 2 N–H and O–H groups in total. The minimum atomic E-state index is -0.482. The number of carbonyl (C=O) groups excluding carboxylic acids is 2. The van der Waals surface area contributed by atoms with Crippen molar-refractivity contribution in [3.63, 3.8) is 0 Å². The van der Waals surface area contributed by atoms with E-state index in [2.05, 4.69) is 10.6 Å². The number of aryl methyl sites for hydroxylation is 2. The summed E-state index contributed by atoms with van der Waals surface area (Å²) in [5.41, 5.74) is 3.58. The molecule has 1 atom stereocenters. The van der Waals surface area contributed by atoms with Crippen LogP contribution in [0.3, 0.4) is 0 Å². The number of hydrogen-bond acceptors (Lipinski definition) is 3. The lowest BCUT2D eigenvalue weighted by atomic mass is 10.1. The number of benzene rings is 2. The summed E-state index contributed by atoms with van der Waals surface area (Å²) in [5, 5.41) is 6.64. The molecule has 1 unspecified atom stereocenters.